The largest absolute Gasteiger partial charge is 0.508 e. The first-order valence-electron chi connectivity index (χ1n) is 5.30. The molecule has 0 saturated heterocycles. The quantitative estimate of drug-likeness (QED) is 0.706. The van der Waals surface area contributed by atoms with Gasteiger partial charge in [-0.15, -0.1) is 0 Å². The summed E-state index contributed by atoms with van der Waals surface area (Å²) in [6.07, 6.45) is 0. The summed E-state index contributed by atoms with van der Waals surface area (Å²) in [6, 6.07) is 3.88. The Kier molecular flexibility index (Phi) is 4.48. The van der Waals surface area contributed by atoms with Gasteiger partial charge in [0, 0.05) is 12.1 Å². The first kappa shape index (κ1) is 13.5. The van der Waals surface area contributed by atoms with Gasteiger partial charge in [0.25, 0.3) is 0 Å². The fraction of sp³-hybridized carbons (Fsp3) is 0.417. The molecule has 5 nitrogen and oxygen atoms in total. The van der Waals surface area contributed by atoms with Crippen LogP contribution in [-0.2, 0) is 4.79 Å². The summed E-state index contributed by atoms with van der Waals surface area (Å²) >= 11 is 0. The van der Waals surface area contributed by atoms with E-state index in [-0.39, 0.29) is 18.9 Å². The topological polar surface area (TPSA) is 81.0 Å². The molecule has 1 unspecified atom stereocenters. The molecule has 0 aromatic heterocycles. The lowest BCUT2D eigenvalue weighted by Gasteiger charge is -2.24. The Morgan fingerprint density at radius 3 is 2.65 bits per heavy atom. The van der Waals surface area contributed by atoms with Crippen molar-refractivity contribution in [1.82, 2.24) is 4.90 Å². The van der Waals surface area contributed by atoms with Crippen LogP contribution in [0.5, 0.6) is 5.75 Å². The van der Waals surface area contributed by atoms with Gasteiger partial charge in [-0.05, 0) is 20.0 Å². The van der Waals surface area contributed by atoms with E-state index in [4.69, 9.17) is 5.11 Å². The number of carbonyl (C=O) groups is 1. The van der Waals surface area contributed by atoms with Gasteiger partial charge in [0.2, 0.25) is 0 Å². The van der Waals surface area contributed by atoms with Crippen molar-refractivity contribution in [2.24, 2.45) is 0 Å². The maximum atomic E-state index is 11.2. The lowest BCUT2D eigenvalue weighted by atomic mass is 10.0. The number of phenolic OH excluding ortho intramolecular Hbond substituents is 1. The summed E-state index contributed by atoms with van der Waals surface area (Å²) in [4.78, 5) is 12.7. The SMILES string of the molecule is Cc1ccc(O)c(C(C(=O)O)N(C)CCO)c1. The van der Waals surface area contributed by atoms with Crippen LogP contribution in [0.15, 0.2) is 18.2 Å². The van der Waals surface area contributed by atoms with Crippen molar-refractivity contribution in [1.29, 1.82) is 0 Å². The summed E-state index contributed by atoms with van der Waals surface area (Å²) in [5, 5.41) is 27.8. The Balaban J connectivity index is 3.13. The number of carboxylic acid groups (broad SMARTS) is 1. The van der Waals surface area contributed by atoms with Crippen molar-refractivity contribution in [3.8, 4) is 5.75 Å². The highest BCUT2D eigenvalue weighted by atomic mass is 16.4. The molecule has 0 aliphatic heterocycles. The van der Waals surface area contributed by atoms with E-state index in [1.165, 1.54) is 11.0 Å². The number of aromatic hydroxyl groups is 1. The first-order chi connectivity index (χ1) is 7.97. The van der Waals surface area contributed by atoms with Crippen molar-refractivity contribution < 1.29 is 20.1 Å². The average Bonchev–Trinajstić information content (AvgIpc) is 2.23. The van der Waals surface area contributed by atoms with E-state index in [1.807, 2.05) is 6.92 Å². The second-order valence-corrected chi connectivity index (χ2v) is 4.01. The number of carboxylic acids is 1. The van der Waals surface area contributed by atoms with Gasteiger partial charge in [0.1, 0.15) is 11.8 Å². The van der Waals surface area contributed by atoms with Crippen LogP contribution in [0.3, 0.4) is 0 Å². The third-order valence-electron chi connectivity index (χ3n) is 2.61. The molecule has 0 radical (unpaired) electrons. The summed E-state index contributed by atoms with van der Waals surface area (Å²) in [5.41, 5.74) is 1.22. The number of hydrogen-bond acceptors (Lipinski definition) is 4. The molecule has 1 atom stereocenters. The highest BCUT2D eigenvalue weighted by molar-refractivity contribution is 5.76. The van der Waals surface area contributed by atoms with E-state index in [0.29, 0.717) is 5.56 Å². The molecular weight excluding hydrogens is 222 g/mol. The second kappa shape index (κ2) is 5.65. The van der Waals surface area contributed by atoms with Gasteiger partial charge < -0.3 is 15.3 Å². The van der Waals surface area contributed by atoms with Crippen molar-refractivity contribution in [2.75, 3.05) is 20.2 Å². The number of phenols is 1. The molecule has 0 fully saturated rings. The van der Waals surface area contributed by atoms with E-state index in [9.17, 15) is 15.0 Å². The van der Waals surface area contributed by atoms with Crippen LogP contribution in [0, 0.1) is 6.92 Å². The van der Waals surface area contributed by atoms with Crippen LogP contribution < -0.4 is 0 Å². The zero-order chi connectivity index (χ0) is 13.0. The zero-order valence-corrected chi connectivity index (χ0v) is 9.92. The lowest BCUT2D eigenvalue weighted by Crippen LogP contribution is -2.33. The molecule has 0 amide bonds. The molecule has 0 spiro atoms. The number of hydrogen-bond donors (Lipinski definition) is 3. The van der Waals surface area contributed by atoms with Crippen molar-refractivity contribution in [3.63, 3.8) is 0 Å². The monoisotopic (exact) mass is 239 g/mol. The molecule has 94 valence electrons. The molecule has 0 aliphatic rings. The first-order valence-corrected chi connectivity index (χ1v) is 5.30. The number of likely N-dealkylation sites (N-methyl/N-ethyl adjacent to an activating group) is 1. The number of aliphatic hydroxyl groups excluding tert-OH is 1. The third kappa shape index (κ3) is 3.18. The van der Waals surface area contributed by atoms with Gasteiger partial charge in [-0.25, -0.2) is 0 Å². The molecule has 0 heterocycles. The Labute approximate surface area is 99.9 Å². The molecule has 5 heteroatoms. The van der Waals surface area contributed by atoms with E-state index < -0.39 is 12.0 Å². The fourth-order valence-corrected chi connectivity index (χ4v) is 1.74. The predicted molar refractivity (Wildman–Crippen MR) is 62.9 cm³/mol. The normalized spacial score (nSPS) is 12.7. The Morgan fingerprint density at radius 2 is 2.12 bits per heavy atom. The number of rotatable bonds is 5. The van der Waals surface area contributed by atoms with Gasteiger partial charge in [-0.2, -0.15) is 0 Å². The Hall–Kier alpha value is -1.59. The Morgan fingerprint density at radius 1 is 1.47 bits per heavy atom. The molecule has 0 saturated carbocycles. The fourth-order valence-electron chi connectivity index (χ4n) is 1.74. The average molecular weight is 239 g/mol. The standard InChI is InChI=1S/C12H17NO4/c1-8-3-4-10(15)9(7-8)11(12(16)17)13(2)5-6-14/h3-4,7,11,14-15H,5-6H2,1-2H3,(H,16,17). The summed E-state index contributed by atoms with van der Waals surface area (Å²) < 4.78 is 0. The van der Waals surface area contributed by atoms with Crippen LogP contribution in [0.2, 0.25) is 0 Å². The lowest BCUT2D eigenvalue weighted by molar-refractivity contribution is -0.143. The number of aliphatic hydroxyl groups is 1. The molecule has 3 N–H and O–H groups in total. The molecule has 1 aromatic rings. The maximum Gasteiger partial charge on any atom is 0.325 e. The number of aryl methyl sites for hydroxylation is 1. The van der Waals surface area contributed by atoms with E-state index in [1.54, 1.807) is 19.2 Å². The summed E-state index contributed by atoms with van der Waals surface area (Å²) in [6.45, 7) is 1.92. The summed E-state index contributed by atoms with van der Waals surface area (Å²) in [5.74, 6) is -1.10. The number of benzene rings is 1. The molecule has 1 aromatic carbocycles. The van der Waals surface area contributed by atoms with Crippen LogP contribution in [0.1, 0.15) is 17.2 Å². The molecule has 0 aliphatic carbocycles. The smallest absolute Gasteiger partial charge is 0.325 e. The van der Waals surface area contributed by atoms with Gasteiger partial charge in [-0.1, -0.05) is 17.7 Å². The van der Waals surface area contributed by atoms with Crippen LogP contribution in [0.25, 0.3) is 0 Å². The van der Waals surface area contributed by atoms with Gasteiger partial charge in [0.05, 0.1) is 6.61 Å². The van der Waals surface area contributed by atoms with E-state index in [2.05, 4.69) is 0 Å². The van der Waals surface area contributed by atoms with Gasteiger partial charge in [0.15, 0.2) is 0 Å². The van der Waals surface area contributed by atoms with E-state index in [0.717, 1.165) is 5.56 Å². The number of aliphatic carboxylic acids is 1. The highest BCUT2D eigenvalue weighted by Crippen LogP contribution is 2.28. The third-order valence-corrected chi connectivity index (χ3v) is 2.61. The number of nitrogens with zero attached hydrogens (tertiary/aromatic N) is 1. The second-order valence-electron chi connectivity index (χ2n) is 4.01. The maximum absolute atomic E-state index is 11.2. The Bertz CT molecular complexity index is 405. The van der Waals surface area contributed by atoms with Crippen LogP contribution in [0.4, 0.5) is 0 Å². The molecular formula is C12H17NO4. The van der Waals surface area contributed by atoms with Crippen LogP contribution in [-0.4, -0.2) is 46.4 Å². The molecule has 0 bridgehead atoms. The van der Waals surface area contributed by atoms with Crippen LogP contribution >= 0.6 is 0 Å². The van der Waals surface area contributed by atoms with Gasteiger partial charge in [-0.3, -0.25) is 9.69 Å². The minimum atomic E-state index is -1.05. The highest BCUT2D eigenvalue weighted by Gasteiger charge is 2.26. The zero-order valence-electron chi connectivity index (χ0n) is 9.92. The molecule has 17 heavy (non-hydrogen) atoms. The summed E-state index contributed by atoms with van der Waals surface area (Å²) in [7, 11) is 1.59. The minimum Gasteiger partial charge on any atom is -0.508 e. The van der Waals surface area contributed by atoms with E-state index >= 15 is 0 Å². The predicted octanol–water partition coefficient (Wildman–Crippen LogP) is 0.750. The van der Waals surface area contributed by atoms with Crippen molar-refractivity contribution in [2.45, 2.75) is 13.0 Å². The molecule has 1 rings (SSSR count). The van der Waals surface area contributed by atoms with Gasteiger partial charge >= 0.3 is 5.97 Å². The van der Waals surface area contributed by atoms with Crippen molar-refractivity contribution >= 4 is 5.97 Å². The minimum absolute atomic E-state index is 0.0483. The van der Waals surface area contributed by atoms with Crippen molar-refractivity contribution in [3.05, 3.63) is 29.3 Å².